The van der Waals surface area contributed by atoms with Crippen molar-refractivity contribution < 1.29 is 14.3 Å². The molecule has 0 radical (unpaired) electrons. The van der Waals surface area contributed by atoms with Gasteiger partial charge in [0, 0.05) is 39.4 Å². The first-order chi connectivity index (χ1) is 21.6. The number of hydrazone groups is 2. The molecule has 5 aromatic carbocycles. The molecular formula is C36H27N5O3. The lowest BCUT2D eigenvalue weighted by molar-refractivity contribution is 0.0947. The van der Waals surface area contributed by atoms with Crippen molar-refractivity contribution in [2.75, 3.05) is 7.11 Å². The molecular weight excluding hydrogens is 550 g/mol. The minimum absolute atomic E-state index is 0.286. The maximum Gasteiger partial charge on any atom is 0.271 e. The fraction of sp³-hybridized carbons (Fsp3) is 0.0278. The van der Waals surface area contributed by atoms with Crippen molar-refractivity contribution in [1.29, 1.82) is 0 Å². The second kappa shape index (κ2) is 12.8. The quantitative estimate of drug-likeness (QED) is 0.157. The molecule has 0 bridgehead atoms. The summed E-state index contributed by atoms with van der Waals surface area (Å²) in [5.74, 6) is 0.0643. The number of benzene rings is 5. The van der Waals surface area contributed by atoms with Gasteiger partial charge in [-0.3, -0.25) is 14.6 Å². The molecule has 0 aliphatic rings. The van der Waals surface area contributed by atoms with Gasteiger partial charge in [-0.1, -0.05) is 54.6 Å². The van der Waals surface area contributed by atoms with Crippen LogP contribution in [-0.4, -0.2) is 36.3 Å². The van der Waals surface area contributed by atoms with Crippen molar-refractivity contribution in [3.63, 3.8) is 0 Å². The lowest BCUT2D eigenvalue weighted by Crippen LogP contribution is -2.17. The number of nitrogens with zero attached hydrogens (tertiary/aromatic N) is 3. The molecule has 0 unspecified atom stereocenters. The number of pyridine rings is 1. The zero-order chi connectivity index (χ0) is 30.3. The number of hydrogen-bond acceptors (Lipinski definition) is 6. The molecule has 6 rings (SSSR count). The highest BCUT2D eigenvalue weighted by molar-refractivity contribution is 6.04. The molecule has 8 nitrogen and oxygen atoms in total. The van der Waals surface area contributed by atoms with Gasteiger partial charge in [-0.05, 0) is 77.0 Å². The van der Waals surface area contributed by atoms with Gasteiger partial charge in [0.1, 0.15) is 5.75 Å². The number of carbonyl (C=O) groups excluding carboxylic acids is 2. The molecule has 0 fully saturated rings. The van der Waals surface area contributed by atoms with E-state index in [9.17, 15) is 9.59 Å². The number of fused-ring (bicyclic) bond motifs is 2. The van der Waals surface area contributed by atoms with E-state index >= 15 is 0 Å². The molecule has 44 heavy (non-hydrogen) atoms. The van der Waals surface area contributed by atoms with Gasteiger partial charge in [0.15, 0.2) is 0 Å². The average molecular weight is 578 g/mol. The molecule has 6 aromatic rings. The van der Waals surface area contributed by atoms with Crippen LogP contribution in [0, 0.1) is 0 Å². The van der Waals surface area contributed by atoms with Crippen LogP contribution in [0.1, 0.15) is 31.8 Å². The van der Waals surface area contributed by atoms with E-state index in [0.717, 1.165) is 43.9 Å². The Labute approximate surface area is 253 Å². The Bertz CT molecular complexity index is 2040. The number of methoxy groups -OCH3 is 1. The predicted octanol–water partition coefficient (Wildman–Crippen LogP) is 6.59. The van der Waals surface area contributed by atoms with E-state index in [1.165, 1.54) is 0 Å². The molecule has 0 spiro atoms. The van der Waals surface area contributed by atoms with Gasteiger partial charge in [0.05, 0.1) is 25.1 Å². The van der Waals surface area contributed by atoms with E-state index < -0.39 is 0 Å². The van der Waals surface area contributed by atoms with Crippen LogP contribution in [0.5, 0.6) is 5.75 Å². The zero-order valence-electron chi connectivity index (χ0n) is 23.8. The van der Waals surface area contributed by atoms with Gasteiger partial charge in [0.2, 0.25) is 0 Å². The number of hydrogen-bond donors (Lipinski definition) is 2. The maximum absolute atomic E-state index is 12.6. The third-order valence-electron chi connectivity index (χ3n) is 7.11. The van der Waals surface area contributed by atoms with Gasteiger partial charge in [-0.15, -0.1) is 0 Å². The number of carbonyl (C=O) groups is 2. The summed E-state index contributed by atoms with van der Waals surface area (Å²) in [5, 5.41) is 11.4. The number of ether oxygens (including phenoxy) is 1. The summed E-state index contributed by atoms with van der Waals surface area (Å²) in [6.45, 7) is 0. The zero-order valence-corrected chi connectivity index (χ0v) is 23.8. The van der Waals surface area contributed by atoms with Gasteiger partial charge < -0.3 is 4.74 Å². The summed E-state index contributed by atoms with van der Waals surface area (Å²) >= 11 is 0. The standard InChI is InChI=1S/C36H27N5O3/c1-44-31-16-14-25(15-17-31)36(43)41-39-23-30-19-28(18-26-10-5-6-12-32(26)30)29-20-33-27(11-7-13-34(33)37-21-29)22-38-40-35(42)24-8-3-2-4-9-24/h2-23H,1H3,(H,40,42)(H,41,43)/b38-22+,39-23+. The molecule has 1 heterocycles. The molecule has 2 N–H and O–H groups in total. The van der Waals surface area contributed by atoms with Crippen LogP contribution in [0.3, 0.4) is 0 Å². The van der Waals surface area contributed by atoms with Crippen molar-refractivity contribution in [2.24, 2.45) is 10.2 Å². The Morgan fingerprint density at radius 2 is 1.34 bits per heavy atom. The van der Waals surface area contributed by atoms with Crippen LogP contribution < -0.4 is 15.6 Å². The number of amides is 2. The van der Waals surface area contributed by atoms with Crippen LogP contribution in [0.2, 0.25) is 0 Å². The average Bonchev–Trinajstić information content (AvgIpc) is 3.08. The molecule has 0 saturated heterocycles. The van der Waals surface area contributed by atoms with Crippen molar-refractivity contribution in [3.8, 4) is 16.9 Å². The second-order valence-electron chi connectivity index (χ2n) is 9.92. The Hall–Kier alpha value is -6.15. The summed E-state index contributed by atoms with van der Waals surface area (Å²) in [5.41, 5.74) is 10.5. The summed E-state index contributed by atoms with van der Waals surface area (Å²) in [6.07, 6.45) is 5.10. The van der Waals surface area contributed by atoms with E-state index in [2.05, 4.69) is 33.2 Å². The first-order valence-corrected chi connectivity index (χ1v) is 13.9. The minimum Gasteiger partial charge on any atom is -0.497 e. The van der Waals surface area contributed by atoms with E-state index in [1.54, 1.807) is 68.1 Å². The van der Waals surface area contributed by atoms with E-state index in [1.807, 2.05) is 60.8 Å². The van der Waals surface area contributed by atoms with Crippen LogP contribution in [-0.2, 0) is 0 Å². The summed E-state index contributed by atoms with van der Waals surface area (Å²) in [6, 6.07) is 35.7. The highest BCUT2D eigenvalue weighted by Crippen LogP contribution is 2.29. The SMILES string of the molecule is COc1ccc(C(=O)N/N=C/c2cc(-c3cnc4cccc(/C=N/NC(=O)c5ccccc5)c4c3)cc3ccccc23)cc1. The molecule has 8 heteroatoms. The third kappa shape index (κ3) is 6.19. The van der Waals surface area contributed by atoms with Crippen LogP contribution in [0.4, 0.5) is 0 Å². The molecule has 2 amide bonds. The largest absolute Gasteiger partial charge is 0.497 e. The highest BCUT2D eigenvalue weighted by Gasteiger charge is 2.09. The van der Waals surface area contributed by atoms with Crippen molar-refractivity contribution in [1.82, 2.24) is 15.8 Å². The smallest absolute Gasteiger partial charge is 0.271 e. The molecule has 0 aliphatic carbocycles. The number of rotatable bonds is 8. The Morgan fingerprint density at radius 1 is 0.659 bits per heavy atom. The minimum atomic E-state index is -0.322. The maximum atomic E-state index is 12.6. The fourth-order valence-corrected chi connectivity index (χ4v) is 4.84. The summed E-state index contributed by atoms with van der Waals surface area (Å²) < 4.78 is 5.16. The van der Waals surface area contributed by atoms with Gasteiger partial charge in [-0.2, -0.15) is 10.2 Å². The highest BCUT2D eigenvalue weighted by atomic mass is 16.5. The number of nitrogens with one attached hydrogen (secondary N) is 2. The molecule has 1 aromatic heterocycles. The molecule has 214 valence electrons. The van der Waals surface area contributed by atoms with Gasteiger partial charge in [0.25, 0.3) is 11.8 Å². The number of aromatic nitrogens is 1. The third-order valence-corrected chi connectivity index (χ3v) is 7.11. The van der Waals surface area contributed by atoms with Crippen molar-refractivity contribution in [3.05, 3.63) is 144 Å². The van der Waals surface area contributed by atoms with Gasteiger partial charge in [-0.25, -0.2) is 10.9 Å². The molecule has 0 saturated carbocycles. The lowest BCUT2D eigenvalue weighted by atomic mass is 9.96. The van der Waals surface area contributed by atoms with E-state index in [0.29, 0.717) is 16.9 Å². The van der Waals surface area contributed by atoms with Crippen LogP contribution in [0.15, 0.2) is 132 Å². The second-order valence-corrected chi connectivity index (χ2v) is 9.92. The predicted molar refractivity (Wildman–Crippen MR) is 174 cm³/mol. The van der Waals surface area contributed by atoms with Crippen LogP contribution >= 0.6 is 0 Å². The summed E-state index contributed by atoms with van der Waals surface area (Å²) in [4.78, 5) is 29.7. The van der Waals surface area contributed by atoms with Crippen molar-refractivity contribution in [2.45, 2.75) is 0 Å². The van der Waals surface area contributed by atoms with Gasteiger partial charge >= 0.3 is 0 Å². The van der Waals surface area contributed by atoms with Crippen molar-refractivity contribution >= 4 is 45.9 Å². The normalized spacial score (nSPS) is 11.3. The monoisotopic (exact) mass is 577 g/mol. The Balaban J connectivity index is 1.28. The summed E-state index contributed by atoms with van der Waals surface area (Å²) in [7, 11) is 1.58. The fourth-order valence-electron chi connectivity index (χ4n) is 4.84. The Kier molecular flexibility index (Phi) is 8.14. The van der Waals surface area contributed by atoms with E-state index in [-0.39, 0.29) is 11.8 Å². The Morgan fingerprint density at radius 3 is 2.09 bits per heavy atom. The molecule has 0 aliphatic heterocycles. The lowest BCUT2D eigenvalue weighted by Gasteiger charge is -2.10. The first-order valence-electron chi connectivity index (χ1n) is 13.9. The topological polar surface area (TPSA) is 105 Å². The molecule has 0 atom stereocenters. The first kappa shape index (κ1) is 28.0. The van der Waals surface area contributed by atoms with Crippen LogP contribution in [0.25, 0.3) is 32.8 Å². The van der Waals surface area contributed by atoms with E-state index in [4.69, 9.17) is 9.72 Å².